The van der Waals surface area contributed by atoms with E-state index < -0.39 is 0 Å². The fraction of sp³-hybridized carbons (Fsp3) is 0.625. The van der Waals surface area contributed by atoms with Gasteiger partial charge in [-0.1, -0.05) is 51.5 Å². The quantitative estimate of drug-likeness (QED) is 0.786. The molecular weight excluding hydrogens is 206 g/mol. The highest BCUT2D eigenvalue weighted by atomic mass is 14.9. The smallest absolute Gasteiger partial charge is 0.0165 e. The van der Waals surface area contributed by atoms with Crippen molar-refractivity contribution in [3.8, 4) is 0 Å². The molecule has 0 spiro atoms. The molecule has 0 amide bonds. The normalized spacial score (nSPS) is 21.5. The monoisotopic (exact) mass is 231 g/mol. The van der Waals surface area contributed by atoms with Gasteiger partial charge in [0.05, 0.1) is 0 Å². The van der Waals surface area contributed by atoms with Crippen molar-refractivity contribution < 1.29 is 0 Å². The SMILES string of the molecule is CCCC(C)C(NCC)C1Cc2ccccc21. The van der Waals surface area contributed by atoms with Gasteiger partial charge in [-0.3, -0.25) is 0 Å². The van der Waals surface area contributed by atoms with Crippen LogP contribution in [0.1, 0.15) is 50.7 Å². The largest absolute Gasteiger partial charge is 0.313 e. The summed E-state index contributed by atoms with van der Waals surface area (Å²) in [6.07, 6.45) is 3.88. The Kier molecular flexibility index (Phi) is 4.22. The fourth-order valence-corrected chi connectivity index (χ4v) is 3.23. The van der Waals surface area contributed by atoms with Gasteiger partial charge in [-0.2, -0.15) is 0 Å². The number of hydrogen-bond donors (Lipinski definition) is 1. The van der Waals surface area contributed by atoms with Gasteiger partial charge < -0.3 is 5.32 Å². The van der Waals surface area contributed by atoms with Gasteiger partial charge in [-0.25, -0.2) is 0 Å². The van der Waals surface area contributed by atoms with Crippen molar-refractivity contribution in [1.29, 1.82) is 0 Å². The van der Waals surface area contributed by atoms with Crippen molar-refractivity contribution in [2.45, 2.75) is 52.0 Å². The molecule has 0 aromatic heterocycles. The van der Waals surface area contributed by atoms with Crippen LogP contribution in [0.3, 0.4) is 0 Å². The summed E-state index contributed by atoms with van der Waals surface area (Å²) < 4.78 is 0. The number of rotatable bonds is 6. The molecule has 1 aliphatic rings. The van der Waals surface area contributed by atoms with Gasteiger partial charge in [0.2, 0.25) is 0 Å². The molecule has 3 unspecified atom stereocenters. The van der Waals surface area contributed by atoms with Crippen molar-refractivity contribution in [3.63, 3.8) is 0 Å². The lowest BCUT2D eigenvalue weighted by atomic mass is 9.70. The van der Waals surface area contributed by atoms with E-state index in [2.05, 4.69) is 50.4 Å². The first-order chi connectivity index (χ1) is 8.27. The highest BCUT2D eigenvalue weighted by molar-refractivity contribution is 5.41. The molecule has 0 saturated carbocycles. The number of hydrogen-bond acceptors (Lipinski definition) is 1. The van der Waals surface area contributed by atoms with Gasteiger partial charge in [-0.15, -0.1) is 0 Å². The molecule has 1 aliphatic carbocycles. The minimum absolute atomic E-state index is 0.662. The van der Waals surface area contributed by atoms with Crippen molar-refractivity contribution in [1.82, 2.24) is 5.32 Å². The summed E-state index contributed by atoms with van der Waals surface area (Å²) in [4.78, 5) is 0. The van der Waals surface area contributed by atoms with Crippen LogP contribution in [0.4, 0.5) is 0 Å². The van der Waals surface area contributed by atoms with Gasteiger partial charge in [0.25, 0.3) is 0 Å². The molecule has 0 fully saturated rings. The molecule has 17 heavy (non-hydrogen) atoms. The second-order valence-electron chi connectivity index (χ2n) is 5.36. The summed E-state index contributed by atoms with van der Waals surface area (Å²) >= 11 is 0. The predicted molar refractivity (Wildman–Crippen MR) is 74.4 cm³/mol. The average molecular weight is 231 g/mol. The van der Waals surface area contributed by atoms with Crippen molar-refractivity contribution in [2.24, 2.45) is 5.92 Å². The van der Waals surface area contributed by atoms with Crippen LogP contribution >= 0.6 is 0 Å². The first-order valence-electron chi connectivity index (χ1n) is 7.09. The maximum Gasteiger partial charge on any atom is 0.0165 e. The molecule has 0 bridgehead atoms. The van der Waals surface area contributed by atoms with Crippen molar-refractivity contribution in [3.05, 3.63) is 35.4 Å². The van der Waals surface area contributed by atoms with Crippen LogP contribution in [0.25, 0.3) is 0 Å². The fourth-order valence-electron chi connectivity index (χ4n) is 3.23. The van der Waals surface area contributed by atoms with Crippen LogP contribution in [0.15, 0.2) is 24.3 Å². The van der Waals surface area contributed by atoms with Gasteiger partial charge in [0, 0.05) is 12.0 Å². The summed E-state index contributed by atoms with van der Waals surface area (Å²) in [5, 5.41) is 3.71. The van der Waals surface area contributed by atoms with E-state index in [-0.39, 0.29) is 0 Å². The first kappa shape index (κ1) is 12.6. The molecule has 1 aromatic carbocycles. The molecule has 1 aromatic rings. The Balaban J connectivity index is 2.09. The van der Waals surface area contributed by atoms with Crippen LogP contribution in [0.5, 0.6) is 0 Å². The molecule has 0 radical (unpaired) electrons. The van der Waals surface area contributed by atoms with E-state index in [0.29, 0.717) is 6.04 Å². The van der Waals surface area contributed by atoms with Gasteiger partial charge >= 0.3 is 0 Å². The van der Waals surface area contributed by atoms with E-state index in [1.165, 1.54) is 19.3 Å². The Labute approximate surface area is 106 Å². The molecule has 1 heteroatoms. The van der Waals surface area contributed by atoms with Crippen LogP contribution in [-0.2, 0) is 6.42 Å². The molecule has 1 N–H and O–H groups in total. The second-order valence-corrected chi connectivity index (χ2v) is 5.36. The number of fused-ring (bicyclic) bond motifs is 1. The second kappa shape index (κ2) is 5.68. The third-order valence-corrected chi connectivity index (χ3v) is 4.12. The topological polar surface area (TPSA) is 12.0 Å². The van der Waals surface area contributed by atoms with E-state index in [1.54, 1.807) is 11.1 Å². The molecule has 0 heterocycles. The summed E-state index contributed by atoms with van der Waals surface area (Å²) in [6, 6.07) is 9.59. The minimum Gasteiger partial charge on any atom is -0.313 e. The van der Waals surface area contributed by atoms with Crippen molar-refractivity contribution >= 4 is 0 Å². The Morgan fingerprint density at radius 2 is 2.06 bits per heavy atom. The lowest BCUT2D eigenvalue weighted by molar-refractivity contribution is 0.293. The number of nitrogens with one attached hydrogen (secondary N) is 1. The van der Waals surface area contributed by atoms with Crippen LogP contribution in [0.2, 0.25) is 0 Å². The standard InChI is InChI=1S/C16H25N/c1-4-8-12(3)16(17-5-2)15-11-13-9-6-7-10-14(13)15/h6-7,9-10,12,15-17H,4-5,8,11H2,1-3H3. The minimum atomic E-state index is 0.662. The zero-order valence-electron chi connectivity index (χ0n) is 11.4. The Bertz CT molecular complexity index is 358. The maximum absolute atomic E-state index is 3.71. The summed E-state index contributed by atoms with van der Waals surface area (Å²) in [6.45, 7) is 7.99. The third kappa shape index (κ3) is 2.55. The van der Waals surface area contributed by atoms with Gasteiger partial charge in [0.15, 0.2) is 0 Å². The molecule has 3 atom stereocenters. The Morgan fingerprint density at radius 3 is 2.71 bits per heavy atom. The Morgan fingerprint density at radius 1 is 1.29 bits per heavy atom. The molecule has 1 nitrogen and oxygen atoms in total. The van der Waals surface area contributed by atoms with Crippen molar-refractivity contribution in [2.75, 3.05) is 6.54 Å². The molecule has 2 rings (SSSR count). The maximum atomic E-state index is 3.71. The van der Waals surface area contributed by atoms with Gasteiger partial charge in [-0.05, 0) is 36.4 Å². The summed E-state index contributed by atoms with van der Waals surface area (Å²) in [7, 11) is 0. The van der Waals surface area contributed by atoms with E-state index in [4.69, 9.17) is 0 Å². The molecule has 0 saturated heterocycles. The van der Waals surface area contributed by atoms with E-state index in [9.17, 15) is 0 Å². The number of likely N-dealkylation sites (N-methyl/N-ethyl adjacent to an activating group) is 1. The lowest BCUT2D eigenvalue weighted by Gasteiger charge is -2.40. The van der Waals surface area contributed by atoms with Crippen LogP contribution in [0, 0.1) is 5.92 Å². The van der Waals surface area contributed by atoms with E-state index in [1.807, 2.05) is 0 Å². The predicted octanol–water partition coefficient (Wildman–Crippen LogP) is 3.74. The van der Waals surface area contributed by atoms with E-state index >= 15 is 0 Å². The zero-order valence-corrected chi connectivity index (χ0v) is 11.4. The molecule has 94 valence electrons. The van der Waals surface area contributed by atoms with Crippen LogP contribution in [-0.4, -0.2) is 12.6 Å². The summed E-state index contributed by atoms with van der Waals surface area (Å²) in [5.41, 5.74) is 3.14. The van der Waals surface area contributed by atoms with Gasteiger partial charge in [0.1, 0.15) is 0 Å². The average Bonchev–Trinajstić information content (AvgIpc) is 2.30. The number of benzene rings is 1. The third-order valence-electron chi connectivity index (χ3n) is 4.12. The first-order valence-corrected chi connectivity index (χ1v) is 7.09. The molecule has 0 aliphatic heterocycles. The Hall–Kier alpha value is -0.820. The highest BCUT2D eigenvalue weighted by Gasteiger charge is 2.34. The van der Waals surface area contributed by atoms with E-state index in [0.717, 1.165) is 18.4 Å². The lowest BCUT2D eigenvalue weighted by Crippen LogP contribution is -2.44. The molecular formula is C16H25N. The summed E-state index contributed by atoms with van der Waals surface area (Å²) in [5.74, 6) is 1.52. The van der Waals surface area contributed by atoms with Crippen LogP contribution < -0.4 is 5.32 Å². The zero-order chi connectivity index (χ0) is 12.3. The highest BCUT2D eigenvalue weighted by Crippen LogP contribution is 2.40.